The molecule has 1 unspecified atom stereocenters. The summed E-state index contributed by atoms with van der Waals surface area (Å²) in [7, 11) is 1.25. The monoisotopic (exact) mass is 411 g/mol. The molecule has 0 aromatic heterocycles. The highest BCUT2D eigenvalue weighted by Crippen LogP contribution is 2.23. The van der Waals surface area contributed by atoms with Crippen LogP contribution < -0.4 is 0 Å². The van der Waals surface area contributed by atoms with E-state index in [9.17, 15) is 19.2 Å². The molecule has 0 radical (unpaired) electrons. The molecular weight excluding hydrogens is 382 g/mol. The second-order valence-corrected chi connectivity index (χ2v) is 7.71. The molecule has 0 saturated heterocycles. The lowest BCUT2D eigenvalue weighted by atomic mass is 9.95. The predicted molar refractivity (Wildman–Crippen MR) is 114 cm³/mol. The summed E-state index contributed by atoms with van der Waals surface area (Å²) >= 11 is 0. The van der Waals surface area contributed by atoms with E-state index < -0.39 is 23.7 Å². The first kappa shape index (κ1) is 23.3. The number of methoxy groups -OCH3 is 1. The number of imide groups is 1. The van der Waals surface area contributed by atoms with Gasteiger partial charge in [-0.2, -0.15) is 0 Å². The van der Waals surface area contributed by atoms with Crippen LogP contribution in [0.15, 0.2) is 47.6 Å². The number of benzene rings is 1. The van der Waals surface area contributed by atoms with Crippen LogP contribution >= 0.6 is 0 Å². The van der Waals surface area contributed by atoms with Gasteiger partial charge in [-0.05, 0) is 52.2 Å². The Kier molecular flexibility index (Phi) is 8.27. The van der Waals surface area contributed by atoms with Crippen LogP contribution in [0.4, 0.5) is 0 Å². The number of fused-ring (bicyclic) bond motifs is 1. The lowest BCUT2D eigenvalue weighted by molar-refractivity contribution is -0.149. The molecule has 30 heavy (non-hydrogen) atoms. The van der Waals surface area contributed by atoms with E-state index in [0.717, 1.165) is 23.3 Å². The van der Waals surface area contributed by atoms with Crippen LogP contribution in [0.3, 0.4) is 0 Å². The van der Waals surface area contributed by atoms with Gasteiger partial charge >= 0.3 is 5.97 Å². The number of hydrogen-bond donors (Lipinski definition) is 0. The van der Waals surface area contributed by atoms with Crippen molar-refractivity contribution in [3.05, 3.63) is 58.7 Å². The fourth-order valence-electron chi connectivity index (χ4n) is 3.35. The smallest absolute Gasteiger partial charge is 0.316 e. The molecule has 6 heteroatoms. The fraction of sp³-hybridized carbons (Fsp3) is 0.417. The van der Waals surface area contributed by atoms with Crippen LogP contribution in [0.25, 0.3) is 0 Å². The van der Waals surface area contributed by atoms with Crippen molar-refractivity contribution in [2.75, 3.05) is 13.7 Å². The molecule has 1 aliphatic heterocycles. The number of nitrogens with zero attached hydrogens (tertiary/aromatic N) is 1. The van der Waals surface area contributed by atoms with Gasteiger partial charge in [-0.3, -0.25) is 24.1 Å². The van der Waals surface area contributed by atoms with Gasteiger partial charge in [0.1, 0.15) is 11.7 Å². The number of Topliss-reactive ketones (excluding diaryl/α,β-unsaturated/α-hetero) is 1. The number of carbonyl (C=O) groups excluding carboxylic acids is 4. The molecule has 0 saturated carbocycles. The Morgan fingerprint density at radius 2 is 1.60 bits per heavy atom. The summed E-state index contributed by atoms with van der Waals surface area (Å²) < 4.78 is 4.80. The van der Waals surface area contributed by atoms with E-state index in [4.69, 9.17) is 4.74 Å². The highest BCUT2D eigenvalue weighted by Gasteiger charge is 2.36. The summed E-state index contributed by atoms with van der Waals surface area (Å²) in [5.41, 5.74) is 3.02. The summed E-state index contributed by atoms with van der Waals surface area (Å²) in [6.45, 7) is 6.00. The van der Waals surface area contributed by atoms with E-state index in [2.05, 4.69) is 6.08 Å². The molecular formula is C24H29NO5. The van der Waals surface area contributed by atoms with Crippen molar-refractivity contribution in [3.8, 4) is 0 Å². The maximum absolute atomic E-state index is 12.7. The lowest BCUT2D eigenvalue weighted by Gasteiger charge is -2.16. The molecule has 2 amide bonds. The van der Waals surface area contributed by atoms with Gasteiger partial charge < -0.3 is 4.74 Å². The molecule has 0 bridgehead atoms. The minimum Gasteiger partial charge on any atom is -0.468 e. The molecule has 1 aromatic rings. The zero-order valence-corrected chi connectivity index (χ0v) is 18.1. The third-order valence-electron chi connectivity index (χ3n) is 5.13. The summed E-state index contributed by atoms with van der Waals surface area (Å²) in [4.78, 5) is 50.8. The van der Waals surface area contributed by atoms with E-state index in [-0.39, 0.29) is 25.2 Å². The third kappa shape index (κ3) is 5.75. The number of esters is 1. The van der Waals surface area contributed by atoms with Crippen LogP contribution in [0, 0.1) is 5.92 Å². The van der Waals surface area contributed by atoms with Crippen LogP contribution in [-0.2, 0) is 14.3 Å². The Morgan fingerprint density at radius 3 is 2.13 bits per heavy atom. The standard InChI is InChI=1S/C24H29NO5/c1-16(2)8-7-9-17(3)12-13-20(24(29)30-4)21(26)14-15-25-22(27)18-10-5-6-11-19(18)23(25)28/h5-6,8,10-12,20H,7,9,13-15H2,1-4H3/b17-12+. The van der Waals surface area contributed by atoms with Crippen LogP contribution in [0.2, 0.25) is 0 Å². The van der Waals surface area contributed by atoms with Gasteiger partial charge in [-0.15, -0.1) is 0 Å². The second-order valence-electron chi connectivity index (χ2n) is 7.71. The molecule has 1 aliphatic rings. The Labute approximate surface area is 177 Å². The lowest BCUT2D eigenvalue weighted by Crippen LogP contribution is -2.34. The van der Waals surface area contributed by atoms with Crippen molar-refractivity contribution in [2.45, 2.75) is 46.5 Å². The van der Waals surface area contributed by atoms with Crippen molar-refractivity contribution in [3.63, 3.8) is 0 Å². The second kappa shape index (κ2) is 10.7. The number of carbonyl (C=O) groups is 4. The molecule has 160 valence electrons. The number of ketones is 1. The van der Waals surface area contributed by atoms with Gasteiger partial charge in [0.05, 0.1) is 18.2 Å². The van der Waals surface area contributed by atoms with E-state index in [1.165, 1.54) is 12.7 Å². The summed E-state index contributed by atoms with van der Waals surface area (Å²) in [6.07, 6.45) is 5.94. The zero-order valence-electron chi connectivity index (χ0n) is 18.1. The molecule has 0 fully saturated rings. The van der Waals surface area contributed by atoms with Crippen molar-refractivity contribution in [1.82, 2.24) is 4.90 Å². The topological polar surface area (TPSA) is 80.8 Å². The number of hydrogen-bond acceptors (Lipinski definition) is 5. The number of ether oxygens (including phenoxy) is 1. The number of allylic oxidation sites excluding steroid dienone is 4. The largest absolute Gasteiger partial charge is 0.468 e. The van der Waals surface area contributed by atoms with E-state index in [1.54, 1.807) is 24.3 Å². The molecule has 6 nitrogen and oxygen atoms in total. The van der Waals surface area contributed by atoms with Gasteiger partial charge in [-0.1, -0.05) is 35.4 Å². The summed E-state index contributed by atoms with van der Waals surface area (Å²) in [5.74, 6) is -2.70. The van der Waals surface area contributed by atoms with Gasteiger partial charge in [0.25, 0.3) is 11.8 Å². The highest BCUT2D eigenvalue weighted by molar-refractivity contribution is 6.21. The first-order valence-electron chi connectivity index (χ1n) is 10.1. The van der Waals surface area contributed by atoms with Crippen LogP contribution in [0.1, 0.15) is 67.2 Å². The maximum Gasteiger partial charge on any atom is 0.316 e. The van der Waals surface area contributed by atoms with Crippen molar-refractivity contribution >= 4 is 23.6 Å². The van der Waals surface area contributed by atoms with E-state index in [1.807, 2.05) is 26.8 Å². The summed E-state index contributed by atoms with van der Waals surface area (Å²) in [5, 5.41) is 0. The number of rotatable bonds is 10. The average molecular weight is 411 g/mol. The van der Waals surface area contributed by atoms with Gasteiger partial charge in [-0.25, -0.2) is 0 Å². The molecule has 1 atom stereocenters. The third-order valence-corrected chi connectivity index (χ3v) is 5.13. The molecule has 0 aliphatic carbocycles. The Morgan fingerprint density at radius 1 is 1.00 bits per heavy atom. The van der Waals surface area contributed by atoms with Gasteiger partial charge in [0, 0.05) is 13.0 Å². The quantitative estimate of drug-likeness (QED) is 0.250. The number of amides is 2. The van der Waals surface area contributed by atoms with Crippen LogP contribution in [-0.4, -0.2) is 42.1 Å². The van der Waals surface area contributed by atoms with Crippen molar-refractivity contribution in [1.29, 1.82) is 0 Å². The maximum atomic E-state index is 12.7. The zero-order chi connectivity index (χ0) is 22.3. The molecule has 1 aromatic carbocycles. The minimum absolute atomic E-state index is 0.0536. The predicted octanol–water partition coefficient (Wildman–Crippen LogP) is 4.11. The first-order valence-corrected chi connectivity index (χ1v) is 10.1. The Bertz CT molecular complexity index is 858. The fourth-order valence-corrected chi connectivity index (χ4v) is 3.35. The molecule has 1 heterocycles. The van der Waals surface area contributed by atoms with E-state index >= 15 is 0 Å². The molecule has 2 rings (SSSR count). The van der Waals surface area contributed by atoms with Crippen molar-refractivity contribution in [2.24, 2.45) is 5.92 Å². The average Bonchev–Trinajstić information content (AvgIpc) is 2.96. The van der Waals surface area contributed by atoms with Crippen LogP contribution in [0.5, 0.6) is 0 Å². The minimum atomic E-state index is -0.941. The first-order chi connectivity index (χ1) is 14.3. The van der Waals surface area contributed by atoms with Crippen molar-refractivity contribution < 1.29 is 23.9 Å². The summed E-state index contributed by atoms with van der Waals surface area (Å²) in [6, 6.07) is 6.57. The Hall–Kier alpha value is -3.02. The highest BCUT2D eigenvalue weighted by atomic mass is 16.5. The normalized spacial score (nSPS) is 14.4. The van der Waals surface area contributed by atoms with Gasteiger partial charge in [0.15, 0.2) is 0 Å². The Balaban J connectivity index is 1.99. The molecule has 0 N–H and O–H groups in total. The SMILES string of the molecule is COC(=O)C(C/C=C(\C)CCC=C(C)C)C(=O)CCN1C(=O)c2ccccc2C1=O. The molecule has 0 spiro atoms. The van der Waals surface area contributed by atoms with Gasteiger partial charge in [0.2, 0.25) is 0 Å². The van der Waals surface area contributed by atoms with E-state index in [0.29, 0.717) is 11.1 Å².